The van der Waals surface area contributed by atoms with Crippen molar-refractivity contribution in [2.45, 2.75) is 52.3 Å². The smallest absolute Gasteiger partial charge is 0.341 e. The maximum atomic E-state index is 13.2. The topological polar surface area (TPSA) is 118 Å². The average molecular weight is 591 g/mol. The molecule has 5 rings (SSSR count). The summed E-state index contributed by atoms with van der Waals surface area (Å²) in [6.07, 6.45) is 6.85. The van der Waals surface area contributed by atoms with E-state index in [1.54, 1.807) is 10.6 Å². The molecule has 42 heavy (non-hydrogen) atoms. The highest BCUT2D eigenvalue weighted by molar-refractivity contribution is 7.89. The molecule has 4 aromatic rings. The molecule has 2 heterocycles. The lowest BCUT2D eigenvalue weighted by atomic mass is 9.86. The molecule has 222 valence electrons. The summed E-state index contributed by atoms with van der Waals surface area (Å²) in [4.78, 5) is 24.4. The first kappa shape index (κ1) is 29.5. The molecule has 1 aliphatic carbocycles. The zero-order chi connectivity index (χ0) is 29.9. The van der Waals surface area contributed by atoms with Crippen LogP contribution in [0.2, 0.25) is 0 Å². The van der Waals surface area contributed by atoms with E-state index in [1.807, 2.05) is 56.6 Å². The minimum absolute atomic E-state index is 0.00531. The number of nitrogens with zero attached hydrogens (tertiary/aromatic N) is 4. The van der Waals surface area contributed by atoms with E-state index in [9.17, 15) is 13.2 Å². The summed E-state index contributed by atoms with van der Waals surface area (Å²) in [7, 11) is 0.275. The lowest BCUT2D eigenvalue weighted by Gasteiger charge is -2.35. The van der Waals surface area contributed by atoms with E-state index in [0.29, 0.717) is 16.9 Å². The van der Waals surface area contributed by atoms with Crippen LogP contribution in [0.5, 0.6) is 0 Å². The van der Waals surface area contributed by atoms with E-state index >= 15 is 0 Å². The molecule has 0 bridgehead atoms. The number of hydrogen-bond donors (Lipinski definition) is 2. The van der Waals surface area contributed by atoms with Gasteiger partial charge in [-0.05, 0) is 87.9 Å². The third-order valence-electron chi connectivity index (χ3n) is 8.35. The Kier molecular flexibility index (Phi) is 8.79. The molecule has 1 saturated carbocycles. The Morgan fingerprint density at radius 3 is 2.52 bits per heavy atom. The number of ether oxygens (including phenoxy) is 1. The molecule has 0 aliphatic heterocycles. The van der Waals surface area contributed by atoms with Gasteiger partial charge < -0.3 is 15.0 Å². The molecule has 2 N–H and O–H groups in total. The second kappa shape index (κ2) is 12.5. The number of aromatic nitrogens is 3. The first-order valence-corrected chi connectivity index (χ1v) is 15.9. The minimum Gasteiger partial charge on any atom is -0.440 e. The maximum Gasteiger partial charge on any atom is 0.341 e. The zero-order valence-electron chi connectivity index (χ0n) is 24.5. The Bertz CT molecular complexity index is 1680. The van der Waals surface area contributed by atoms with Crippen LogP contribution in [0.25, 0.3) is 11.0 Å². The lowest BCUT2D eigenvalue weighted by molar-refractivity contribution is 0.0380. The third-order valence-corrected chi connectivity index (χ3v) is 9.89. The molecule has 0 unspecified atom stereocenters. The van der Waals surface area contributed by atoms with Gasteiger partial charge in [0, 0.05) is 25.0 Å². The van der Waals surface area contributed by atoms with Crippen LogP contribution in [0.15, 0.2) is 61.1 Å². The molecular formula is C31H38N6O4S. The third kappa shape index (κ3) is 6.42. The lowest BCUT2D eigenvalue weighted by Crippen LogP contribution is -2.38. The van der Waals surface area contributed by atoms with Crippen LogP contribution >= 0.6 is 0 Å². The normalized spacial score (nSPS) is 17.2. The van der Waals surface area contributed by atoms with E-state index in [2.05, 4.69) is 37.9 Å². The van der Waals surface area contributed by atoms with Crippen LogP contribution in [0.1, 0.15) is 47.2 Å². The minimum atomic E-state index is -3.21. The summed E-state index contributed by atoms with van der Waals surface area (Å²) in [6.45, 7) is 4.11. The number of nitrogens with one attached hydrogen (secondary N) is 2. The summed E-state index contributed by atoms with van der Waals surface area (Å²) >= 11 is 0. The largest absolute Gasteiger partial charge is 0.440 e. The van der Waals surface area contributed by atoms with Crippen molar-refractivity contribution in [1.29, 1.82) is 0 Å². The molecule has 0 radical (unpaired) electrons. The van der Waals surface area contributed by atoms with Crippen molar-refractivity contribution < 1.29 is 17.9 Å². The zero-order valence-corrected chi connectivity index (χ0v) is 25.3. The first-order valence-electron chi connectivity index (χ1n) is 14.2. The summed E-state index contributed by atoms with van der Waals surface area (Å²) in [6, 6.07) is 15.5. The number of sulfonamides is 1. The van der Waals surface area contributed by atoms with Gasteiger partial charge in [-0.1, -0.05) is 24.3 Å². The molecule has 0 amide bonds. The summed E-state index contributed by atoms with van der Waals surface area (Å²) in [5, 5.41) is 4.25. The maximum absolute atomic E-state index is 13.2. The number of rotatable bonds is 10. The van der Waals surface area contributed by atoms with Crippen LogP contribution < -0.4 is 14.9 Å². The van der Waals surface area contributed by atoms with Gasteiger partial charge in [-0.25, -0.2) is 27.9 Å². The van der Waals surface area contributed by atoms with Gasteiger partial charge in [0.1, 0.15) is 17.8 Å². The van der Waals surface area contributed by atoms with Gasteiger partial charge in [0.15, 0.2) is 6.73 Å². The van der Waals surface area contributed by atoms with Crippen LogP contribution in [0.4, 0.5) is 17.2 Å². The molecule has 0 saturated heterocycles. The first-order chi connectivity index (χ1) is 20.2. The van der Waals surface area contributed by atoms with Crippen molar-refractivity contribution in [3.05, 3.63) is 77.7 Å². The number of carbonyl (C=O) groups excluding carboxylic acids is 1. The Labute approximate surface area is 247 Å². The van der Waals surface area contributed by atoms with E-state index in [1.165, 1.54) is 18.9 Å². The Morgan fingerprint density at radius 2 is 1.76 bits per heavy atom. The van der Waals surface area contributed by atoms with Gasteiger partial charge in [0.2, 0.25) is 10.0 Å². The monoisotopic (exact) mass is 590 g/mol. The fourth-order valence-corrected chi connectivity index (χ4v) is 6.77. The number of benzene rings is 2. The fraction of sp³-hybridized carbons (Fsp3) is 0.387. The molecule has 10 nitrogen and oxygen atoms in total. The summed E-state index contributed by atoms with van der Waals surface area (Å²) in [5.41, 5.74) is 5.03. The molecule has 1 fully saturated rings. The van der Waals surface area contributed by atoms with Gasteiger partial charge in [0.25, 0.3) is 0 Å². The van der Waals surface area contributed by atoms with Crippen molar-refractivity contribution in [1.82, 2.24) is 19.3 Å². The number of fused-ring (bicyclic) bond motifs is 1. The highest BCUT2D eigenvalue weighted by Crippen LogP contribution is 2.33. The Hall–Kier alpha value is -3.96. The molecule has 1 aliphatic rings. The van der Waals surface area contributed by atoms with Crippen LogP contribution in [0.3, 0.4) is 0 Å². The summed E-state index contributed by atoms with van der Waals surface area (Å²) < 4.78 is 33.9. The number of hydrogen-bond acceptors (Lipinski definition) is 8. The quantitative estimate of drug-likeness (QED) is 0.244. The molecule has 0 atom stereocenters. The van der Waals surface area contributed by atoms with Crippen molar-refractivity contribution in [3.63, 3.8) is 0 Å². The van der Waals surface area contributed by atoms with Crippen LogP contribution in [0, 0.1) is 19.8 Å². The number of para-hydroxylation sites is 1. The van der Waals surface area contributed by atoms with Gasteiger partial charge in [-0.2, -0.15) is 0 Å². The van der Waals surface area contributed by atoms with E-state index in [4.69, 9.17) is 4.74 Å². The molecule has 2 aromatic heterocycles. The van der Waals surface area contributed by atoms with Crippen molar-refractivity contribution >= 4 is 44.2 Å². The standard InChI is InChI=1S/C31H38N6O4S/c1-21-8-7-11-27(22(21)2)35-28-10-6-5-9-25(28)31(38)41-20-37-17-16-26-29(33-19-34-30(26)37)36(4)24-14-12-23(13-15-24)18-42(39,40)32-3/h5-11,16-17,19,23-24,32,35H,12-15,18,20H2,1-4H3. The van der Waals surface area contributed by atoms with Crippen molar-refractivity contribution in [2.75, 3.05) is 30.1 Å². The van der Waals surface area contributed by atoms with Gasteiger partial charge in [-0.15, -0.1) is 0 Å². The number of carbonyl (C=O) groups is 1. The molecular weight excluding hydrogens is 552 g/mol. The number of aryl methyl sites for hydroxylation is 1. The predicted molar refractivity (Wildman–Crippen MR) is 166 cm³/mol. The fourth-order valence-electron chi connectivity index (χ4n) is 5.65. The van der Waals surface area contributed by atoms with Crippen molar-refractivity contribution in [2.24, 2.45) is 5.92 Å². The highest BCUT2D eigenvalue weighted by atomic mass is 32.2. The molecule has 0 spiro atoms. The van der Waals surface area contributed by atoms with Gasteiger partial charge in [0.05, 0.1) is 22.4 Å². The molecule has 11 heteroatoms. The van der Waals surface area contributed by atoms with Crippen molar-refractivity contribution in [3.8, 4) is 0 Å². The second-order valence-electron chi connectivity index (χ2n) is 11.0. The highest BCUT2D eigenvalue weighted by Gasteiger charge is 2.28. The van der Waals surface area contributed by atoms with Gasteiger partial charge >= 0.3 is 5.97 Å². The van der Waals surface area contributed by atoms with Gasteiger partial charge in [-0.3, -0.25) is 4.57 Å². The SMILES string of the molecule is CNS(=O)(=O)CC1CCC(N(C)c2ncnc3c2ccn3COC(=O)c2ccccc2Nc2cccc(C)c2C)CC1. The Morgan fingerprint density at radius 1 is 1.02 bits per heavy atom. The van der Waals surface area contributed by atoms with E-state index in [0.717, 1.165) is 48.1 Å². The predicted octanol–water partition coefficient (Wildman–Crippen LogP) is 5.15. The van der Waals surface area contributed by atoms with E-state index in [-0.39, 0.29) is 24.4 Å². The number of esters is 1. The van der Waals surface area contributed by atoms with Crippen LogP contribution in [-0.4, -0.2) is 54.8 Å². The Balaban J connectivity index is 1.26. The molecule has 2 aromatic carbocycles. The van der Waals surface area contributed by atoms with Crippen LogP contribution in [-0.2, 0) is 21.5 Å². The summed E-state index contributed by atoms with van der Waals surface area (Å²) in [5.74, 6) is 0.702. The number of anilines is 3. The second-order valence-corrected chi connectivity index (χ2v) is 12.9. The van der Waals surface area contributed by atoms with E-state index < -0.39 is 16.0 Å². The average Bonchev–Trinajstić information content (AvgIpc) is 3.41.